The zero-order valence-corrected chi connectivity index (χ0v) is 14.0. The molecule has 3 rings (SSSR count). The normalized spacial score (nSPS) is 26.4. The van der Waals surface area contributed by atoms with Crippen LogP contribution in [-0.2, 0) is 10.2 Å². The molecule has 0 saturated heterocycles. The van der Waals surface area contributed by atoms with Crippen molar-refractivity contribution in [2.45, 2.75) is 51.4 Å². The van der Waals surface area contributed by atoms with Crippen LogP contribution >= 0.6 is 0 Å². The number of carbonyl (C=O) groups excluding carboxylic acids is 1. The van der Waals surface area contributed by atoms with Gasteiger partial charge in [0, 0.05) is 24.5 Å². The zero-order valence-electron chi connectivity index (χ0n) is 14.0. The number of rotatable bonds is 2. The summed E-state index contributed by atoms with van der Waals surface area (Å²) >= 11 is 0. The van der Waals surface area contributed by atoms with E-state index < -0.39 is 6.09 Å². The Hall–Kier alpha value is -1.71. The molecule has 120 valence electrons. The average Bonchev–Trinajstić information content (AvgIpc) is 2.53. The number of methoxy groups -OCH3 is 1. The molecule has 0 saturated carbocycles. The first-order chi connectivity index (χ1) is 10.5. The molecule has 2 heterocycles. The Labute approximate surface area is 132 Å². The van der Waals surface area contributed by atoms with Gasteiger partial charge >= 0.3 is 6.09 Å². The second-order valence-electron chi connectivity index (χ2n) is 6.92. The van der Waals surface area contributed by atoms with Crippen LogP contribution in [0.1, 0.15) is 57.1 Å². The maximum atomic E-state index is 11.6. The summed E-state index contributed by atoms with van der Waals surface area (Å²) in [6.07, 6.45) is 3.06. The number of nitrogens with zero attached hydrogens (tertiary/aromatic N) is 1. The molecule has 2 atom stereocenters. The third-order valence-corrected chi connectivity index (χ3v) is 5.61. The van der Waals surface area contributed by atoms with Crippen LogP contribution in [0.25, 0.3) is 0 Å². The third-order valence-electron chi connectivity index (χ3n) is 5.61. The van der Waals surface area contributed by atoms with E-state index in [4.69, 9.17) is 4.74 Å². The standard InChI is InChI=1S/C18H26N2O2/c1-5-18(3)7-9-20-8-6-12(2)14-10-13(19-17(21)22-4)11-15(18)16(14)20/h10-12H,5-9H2,1-4H3,(H,19,21). The van der Waals surface area contributed by atoms with Crippen molar-refractivity contribution in [1.82, 2.24) is 0 Å². The molecule has 2 aliphatic rings. The third kappa shape index (κ3) is 2.34. The molecule has 2 unspecified atom stereocenters. The highest BCUT2D eigenvalue weighted by Crippen LogP contribution is 2.49. The van der Waals surface area contributed by atoms with Crippen molar-refractivity contribution >= 4 is 17.5 Å². The van der Waals surface area contributed by atoms with Crippen LogP contribution in [-0.4, -0.2) is 26.3 Å². The van der Waals surface area contributed by atoms with Gasteiger partial charge in [0.2, 0.25) is 0 Å². The van der Waals surface area contributed by atoms with Crippen LogP contribution in [0.2, 0.25) is 0 Å². The second kappa shape index (κ2) is 5.49. The first kappa shape index (κ1) is 15.2. The lowest BCUT2D eigenvalue weighted by Gasteiger charge is -2.46. The van der Waals surface area contributed by atoms with Gasteiger partial charge in [-0.1, -0.05) is 20.8 Å². The predicted molar refractivity (Wildman–Crippen MR) is 90.0 cm³/mol. The fraction of sp³-hybridized carbons (Fsp3) is 0.611. The van der Waals surface area contributed by atoms with Gasteiger partial charge in [0.05, 0.1) is 7.11 Å². The Morgan fingerprint density at radius 1 is 1.45 bits per heavy atom. The van der Waals surface area contributed by atoms with E-state index in [0.29, 0.717) is 5.92 Å². The molecule has 0 spiro atoms. The minimum Gasteiger partial charge on any atom is -0.453 e. The second-order valence-corrected chi connectivity index (χ2v) is 6.92. The van der Waals surface area contributed by atoms with Gasteiger partial charge in [-0.2, -0.15) is 0 Å². The van der Waals surface area contributed by atoms with Crippen LogP contribution in [0.5, 0.6) is 0 Å². The summed E-state index contributed by atoms with van der Waals surface area (Å²) < 4.78 is 4.75. The summed E-state index contributed by atoms with van der Waals surface area (Å²) in [5.41, 5.74) is 5.22. The number of amides is 1. The van der Waals surface area contributed by atoms with Crippen LogP contribution < -0.4 is 10.2 Å². The van der Waals surface area contributed by atoms with Gasteiger partial charge in [-0.15, -0.1) is 0 Å². The maximum absolute atomic E-state index is 11.6. The van der Waals surface area contributed by atoms with E-state index >= 15 is 0 Å². The molecule has 0 aliphatic carbocycles. The lowest BCUT2D eigenvalue weighted by molar-refractivity contribution is 0.187. The van der Waals surface area contributed by atoms with E-state index in [9.17, 15) is 4.79 Å². The van der Waals surface area contributed by atoms with Crippen LogP contribution in [0, 0.1) is 0 Å². The van der Waals surface area contributed by atoms with Crippen molar-refractivity contribution in [3.8, 4) is 0 Å². The summed E-state index contributed by atoms with van der Waals surface area (Å²) in [6.45, 7) is 9.17. The monoisotopic (exact) mass is 302 g/mol. The van der Waals surface area contributed by atoms with E-state index in [1.165, 1.54) is 36.8 Å². The van der Waals surface area contributed by atoms with E-state index in [0.717, 1.165) is 25.2 Å². The quantitative estimate of drug-likeness (QED) is 0.888. The molecular weight excluding hydrogens is 276 g/mol. The van der Waals surface area contributed by atoms with Crippen LogP contribution in [0.4, 0.5) is 16.2 Å². The number of anilines is 2. The number of hydrogen-bond acceptors (Lipinski definition) is 3. The smallest absolute Gasteiger partial charge is 0.411 e. The van der Waals surface area contributed by atoms with Crippen molar-refractivity contribution in [3.63, 3.8) is 0 Å². The first-order valence-electron chi connectivity index (χ1n) is 8.27. The van der Waals surface area contributed by atoms with Crippen molar-refractivity contribution in [3.05, 3.63) is 23.3 Å². The summed E-state index contributed by atoms with van der Waals surface area (Å²) in [5.74, 6) is 0.531. The van der Waals surface area contributed by atoms with Gasteiger partial charge in [-0.25, -0.2) is 4.79 Å². The lowest BCUT2D eigenvalue weighted by Crippen LogP contribution is -2.42. The molecule has 0 radical (unpaired) electrons. The fourth-order valence-corrected chi connectivity index (χ4v) is 3.81. The summed E-state index contributed by atoms with van der Waals surface area (Å²) in [7, 11) is 1.40. The number of carbonyl (C=O) groups is 1. The summed E-state index contributed by atoms with van der Waals surface area (Å²) in [4.78, 5) is 14.1. The van der Waals surface area contributed by atoms with E-state index in [1.54, 1.807) is 0 Å². The molecule has 1 amide bonds. The molecule has 4 nitrogen and oxygen atoms in total. The minimum atomic E-state index is -0.401. The van der Waals surface area contributed by atoms with Crippen molar-refractivity contribution in [2.75, 3.05) is 30.4 Å². The number of ether oxygens (including phenoxy) is 1. The Balaban J connectivity index is 2.14. The molecule has 22 heavy (non-hydrogen) atoms. The first-order valence-corrected chi connectivity index (χ1v) is 8.27. The van der Waals surface area contributed by atoms with Gasteiger partial charge in [-0.05, 0) is 53.9 Å². The van der Waals surface area contributed by atoms with E-state index in [-0.39, 0.29) is 5.41 Å². The largest absolute Gasteiger partial charge is 0.453 e. The van der Waals surface area contributed by atoms with Gasteiger partial charge < -0.3 is 9.64 Å². The van der Waals surface area contributed by atoms with Gasteiger partial charge in [-0.3, -0.25) is 5.32 Å². The Morgan fingerprint density at radius 2 is 2.23 bits per heavy atom. The average molecular weight is 302 g/mol. The maximum Gasteiger partial charge on any atom is 0.411 e. The van der Waals surface area contributed by atoms with Gasteiger partial charge in [0.15, 0.2) is 0 Å². The summed E-state index contributed by atoms with van der Waals surface area (Å²) in [6, 6.07) is 4.29. The van der Waals surface area contributed by atoms with Gasteiger partial charge in [0.1, 0.15) is 0 Å². The Bertz CT molecular complexity index is 599. The highest BCUT2D eigenvalue weighted by molar-refractivity contribution is 5.86. The zero-order chi connectivity index (χ0) is 15.9. The molecule has 0 aromatic heterocycles. The highest BCUT2D eigenvalue weighted by Gasteiger charge is 2.38. The van der Waals surface area contributed by atoms with E-state index in [1.807, 2.05) is 0 Å². The molecule has 0 bridgehead atoms. The molecule has 2 aliphatic heterocycles. The molecule has 1 aromatic rings. The number of benzene rings is 1. The van der Waals surface area contributed by atoms with Crippen molar-refractivity contribution < 1.29 is 9.53 Å². The van der Waals surface area contributed by atoms with Crippen molar-refractivity contribution in [1.29, 1.82) is 0 Å². The van der Waals surface area contributed by atoms with Gasteiger partial charge in [0.25, 0.3) is 0 Å². The number of hydrogen-bond donors (Lipinski definition) is 1. The molecule has 0 fully saturated rings. The van der Waals surface area contributed by atoms with Crippen LogP contribution in [0.15, 0.2) is 12.1 Å². The molecular formula is C18H26N2O2. The SMILES string of the molecule is CCC1(C)CCN2CCC(C)c3cc(NC(=O)OC)cc1c32. The molecule has 1 N–H and O–H groups in total. The summed E-state index contributed by atoms with van der Waals surface area (Å²) in [5, 5.41) is 2.86. The minimum absolute atomic E-state index is 0.186. The lowest BCUT2D eigenvalue weighted by atomic mass is 9.71. The number of nitrogens with one attached hydrogen (secondary N) is 1. The van der Waals surface area contributed by atoms with E-state index in [2.05, 4.69) is 43.1 Å². The Kier molecular flexibility index (Phi) is 3.79. The van der Waals surface area contributed by atoms with Crippen LogP contribution in [0.3, 0.4) is 0 Å². The molecule has 1 aromatic carbocycles. The predicted octanol–water partition coefficient (Wildman–Crippen LogP) is 4.25. The topological polar surface area (TPSA) is 41.6 Å². The fourth-order valence-electron chi connectivity index (χ4n) is 3.81. The Morgan fingerprint density at radius 3 is 2.91 bits per heavy atom. The van der Waals surface area contributed by atoms with Crippen molar-refractivity contribution in [2.24, 2.45) is 0 Å². The molecule has 4 heteroatoms. The highest BCUT2D eigenvalue weighted by atomic mass is 16.5.